The van der Waals surface area contributed by atoms with Crippen molar-refractivity contribution in [1.82, 2.24) is 0 Å². The van der Waals surface area contributed by atoms with Crippen LogP contribution < -0.4 is 0 Å². The standard InChI is InChI=1S/C18H35Cl/c1-2-3-4-5-6-7-8-9-10-11-12-13-14-18(19)17-15-16-17/h17-18H,2-16H2,1H3. The van der Waals surface area contributed by atoms with Gasteiger partial charge in [-0.25, -0.2) is 0 Å². The molecular weight excluding hydrogens is 252 g/mol. The third-order valence-corrected chi connectivity index (χ3v) is 5.04. The highest BCUT2D eigenvalue weighted by molar-refractivity contribution is 6.20. The molecule has 0 N–H and O–H groups in total. The van der Waals surface area contributed by atoms with Crippen LogP contribution in [0, 0.1) is 5.92 Å². The molecule has 1 fully saturated rings. The van der Waals surface area contributed by atoms with Crippen molar-refractivity contribution < 1.29 is 0 Å². The monoisotopic (exact) mass is 286 g/mol. The Balaban J connectivity index is 1.67. The Bertz CT molecular complexity index is 186. The lowest BCUT2D eigenvalue weighted by Gasteiger charge is -2.07. The normalized spacial score (nSPS) is 16.7. The Morgan fingerprint density at radius 2 is 1.16 bits per heavy atom. The van der Waals surface area contributed by atoms with Crippen molar-refractivity contribution in [1.29, 1.82) is 0 Å². The van der Waals surface area contributed by atoms with Gasteiger partial charge in [-0.3, -0.25) is 0 Å². The first-order valence-corrected chi connectivity index (χ1v) is 9.42. The molecule has 0 aliphatic heterocycles. The molecule has 1 heteroatoms. The number of hydrogen-bond acceptors (Lipinski definition) is 0. The summed E-state index contributed by atoms with van der Waals surface area (Å²) in [4.78, 5) is 0. The summed E-state index contributed by atoms with van der Waals surface area (Å²) in [5.41, 5.74) is 0. The van der Waals surface area contributed by atoms with E-state index in [9.17, 15) is 0 Å². The number of hydrogen-bond donors (Lipinski definition) is 0. The number of halogens is 1. The molecule has 0 aromatic carbocycles. The molecule has 0 saturated heterocycles. The highest BCUT2D eigenvalue weighted by Gasteiger charge is 2.28. The van der Waals surface area contributed by atoms with Crippen molar-refractivity contribution in [3.63, 3.8) is 0 Å². The van der Waals surface area contributed by atoms with Crippen LogP contribution in [0.3, 0.4) is 0 Å². The summed E-state index contributed by atoms with van der Waals surface area (Å²) in [6, 6.07) is 0. The van der Waals surface area contributed by atoms with Gasteiger partial charge in [0.25, 0.3) is 0 Å². The van der Waals surface area contributed by atoms with Gasteiger partial charge in [-0.2, -0.15) is 0 Å². The van der Waals surface area contributed by atoms with Crippen molar-refractivity contribution >= 4 is 11.6 Å². The van der Waals surface area contributed by atoms with E-state index in [1.165, 1.54) is 96.3 Å². The predicted molar refractivity (Wildman–Crippen MR) is 88.1 cm³/mol. The van der Waals surface area contributed by atoms with E-state index >= 15 is 0 Å². The Kier molecular flexibility index (Phi) is 11.0. The van der Waals surface area contributed by atoms with E-state index in [0.29, 0.717) is 5.38 Å². The van der Waals surface area contributed by atoms with Crippen molar-refractivity contribution in [2.75, 3.05) is 0 Å². The van der Waals surface area contributed by atoms with E-state index in [0.717, 1.165) is 5.92 Å². The van der Waals surface area contributed by atoms with Crippen LogP contribution in [0.25, 0.3) is 0 Å². The van der Waals surface area contributed by atoms with Crippen LogP contribution in [0.4, 0.5) is 0 Å². The zero-order valence-electron chi connectivity index (χ0n) is 13.1. The number of alkyl halides is 1. The van der Waals surface area contributed by atoms with E-state index in [-0.39, 0.29) is 0 Å². The van der Waals surface area contributed by atoms with E-state index in [1.807, 2.05) is 0 Å². The van der Waals surface area contributed by atoms with E-state index in [4.69, 9.17) is 11.6 Å². The summed E-state index contributed by atoms with van der Waals surface area (Å²) < 4.78 is 0. The van der Waals surface area contributed by atoms with Gasteiger partial charge in [-0.05, 0) is 25.2 Å². The van der Waals surface area contributed by atoms with Crippen molar-refractivity contribution in [2.45, 2.75) is 109 Å². The van der Waals surface area contributed by atoms with E-state index in [1.54, 1.807) is 0 Å². The van der Waals surface area contributed by atoms with Crippen LogP contribution in [-0.2, 0) is 0 Å². The molecule has 1 rings (SSSR count). The summed E-state index contributed by atoms with van der Waals surface area (Å²) in [7, 11) is 0. The van der Waals surface area contributed by atoms with Crippen molar-refractivity contribution in [3.8, 4) is 0 Å². The summed E-state index contributed by atoms with van der Waals surface area (Å²) in [6.45, 7) is 2.29. The Labute approximate surface area is 126 Å². The first kappa shape index (κ1) is 17.3. The average Bonchev–Trinajstić information content (AvgIpc) is 3.24. The molecular formula is C18H35Cl. The minimum atomic E-state index is 0.503. The number of rotatable bonds is 14. The minimum absolute atomic E-state index is 0.503. The molecule has 0 heterocycles. The van der Waals surface area contributed by atoms with Crippen molar-refractivity contribution in [3.05, 3.63) is 0 Å². The average molecular weight is 287 g/mol. The fourth-order valence-electron chi connectivity index (χ4n) is 2.87. The largest absolute Gasteiger partial charge is 0.123 e. The summed E-state index contributed by atoms with van der Waals surface area (Å²) in [5, 5.41) is 0.503. The van der Waals surface area contributed by atoms with Gasteiger partial charge in [0.05, 0.1) is 0 Å². The molecule has 1 aliphatic carbocycles. The molecule has 1 unspecified atom stereocenters. The maximum atomic E-state index is 6.31. The highest BCUT2D eigenvalue weighted by Crippen LogP contribution is 2.37. The lowest BCUT2D eigenvalue weighted by molar-refractivity contribution is 0.531. The highest BCUT2D eigenvalue weighted by atomic mass is 35.5. The predicted octanol–water partition coefficient (Wildman–Crippen LogP) is 7.10. The molecule has 0 aromatic heterocycles. The molecule has 0 radical (unpaired) electrons. The minimum Gasteiger partial charge on any atom is -0.123 e. The third kappa shape index (κ3) is 10.7. The third-order valence-electron chi connectivity index (χ3n) is 4.47. The topological polar surface area (TPSA) is 0 Å². The van der Waals surface area contributed by atoms with Crippen LogP contribution in [0.1, 0.15) is 103 Å². The maximum absolute atomic E-state index is 6.31. The molecule has 19 heavy (non-hydrogen) atoms. The molecule has 1 aliphatic rings. The van der Waals surface area contributed by atoms with Gasteiger partial charge in [0.1, 0.15) is 0 Å². The molecule has 114 valence electrons. The van der Waals surface area contributed by atoms with Gasteiger partial charge < -0.3 is 0 Å². The second-order valence-electron chi connectivity index (χ2n) is 6.53. The fourth-order valence-corrected chi connectivity index (χ4v) is 3.28. The second-order valence-corrected chi connectivity index (χ2v) is 7.09. The Morgan fingerprint density at radius 3 is 1.58 bits per heavy atom. The van der Waals surface area contributed by atoms with Crippen LogP contribution in [0.15, 0.2) is 0 Å². The molecule has 0 nitrogen and oxygen atoms in total. The van der Waals surface area contributed by atoms with E-state index in [2.05, 4.69) is 6.92 Å². The number of unbranched alkanes of at least 4 members (excludes halogenated alkanes) is 11. The van der Waals surface area contributed by atoms with Crippen LogP contribution >= 0.6 is 11.6 Å². The Hall–Kier alpha value is 0.290. The smallest absolute Gasteiger partial charge is 0.0364 e. The zero-order valence-corrected chi connectivity index (χ0v) is 13.9. The molecule has 0 spiro atoms. The van der Waals surface area contributed by atoms with Gasteiger partial charge in [0.2, 0.25) is 0 Å². The van der Waals surface area contributed by atoms with Gasteiger partial charge in [0.15, 0.2) is 0 Å². The first-order chi connectivity index (χ1) is 9.34. The molecule has 0 aromatic rings. The quantitative estimate of drug-likeness (QED) is 0.236. The van der Waals surface area contributed by atoms with Gasteiger partial charge in [0, 0.05) is 5.38 Å². The van der Waals surface area contributed by atoms with Gasteiger partial charge >= 0.3 is 0 Å². The SMILES string of the molecule is CCCCCCCCCCCCCCC(Cl)C1CC1. The van der Waals surface area contributed by atoms with Crippen LogP contribution in [-0.4, -0.2) is 5.38 Å². The summed E-state index contributed by atoms with van der Waals surface area (Å²) in [6.07, 6.45) is 21.3. The molecule has 0 bridgehead atoms. The summed E-state index contributed by atoms with van der Waals surface area (Å²) >= 11 is 6.31. The first-order valence-electron chi connectivity index (χ1n) is 8.98. The van der Waals surface area contributed by atoms with E-state index < -0.39 is 0 Å². The van der Waals surface area contributed by atoms with Crippen molar-refractivity contribution in [2.24, 2.45) is 5.92 Å². The molecule has 0 amide bonds. The van der Waals surface area contributed by atoms with Crippen LogP contribution in [0.2, 0.25) is 0 Å². The lowest BCUT2D eigenvalue weighted by Crippen LogP contribution is -2.00. The second kappa shape index (κ2) is 12.1. The molecule has 1 saturated carbocycles. The zero-order chi connectivity index (χ0) is 13.8. The molecule has 1 atom stereocenters. The van der Waals surface area contributed by atoms with Gasteiger partial charge in [-0.15, -0.1) is 11.6 Å². The summed E-state index contributed by atoms with van der Waals surface area (Å²) in [5.74, 6) is 0.884. The fraction of sp³-hybridized carbons (Fsp3) is 1.00. The Morgan fingerprint density at radius 1 is 0.737 bits per heavy atom. The maximum Gasteiger partial charge on any atom is 0.0364 e. The van der Waals surface area contributed by atoms with Gasteiger partial charge in [-0.1, -0.05) is 84.0 Å². The van der Waals surface area contributed by atoms with Crippen LogP contribution in [0.5, 0.6) is 0 Å². The lowest BCUT2D eigenvalue weighted by atomic mass is 10.0.